The number of thiol groups is 1. The van der Waals surface area contributed by atoms with Crippen molar-refractivity contribution in [2.45, 2.75) is 0 Å². The Morgan fingerprint density at radius 2 is 1.29 bits per heavy atom. The fraction of sp³-hybridized carbons (Fsp3) is 0. The molecule has 0 fully saturated rings. The molecule has 5 heteroatoms. The van der Waals surface area contributed by atoms with Crippen LogP contribution in [0.15, 0.2) is 48.5 Å². The lowest BCUT2D eigenvalue weighted by Gasteiger charge is -2.03. The summed E-state index contributed by atoms with van der Waals surface area (Å²) in [6, 6.07) is 13.4. The van der Waals surface area contributed by atoms with E-state index in [-0.39, 0.29) is 11.5 Å². The lowest BCUT2D eigenvalue weighted by atomic mass is 10.1. The van der Waals surface area contributed by atoms with Crippen molar-refractivity contribution in [3.63, 3.8) is 0 Å². The van der Waals surface area contributed by atoms with Crippen molar-refractivity contribution in [2.75, 3.05) is 0 Å². The van der Waals surface area contributed by atoms with Crippen molar-refractivity contribution in [1.82, 2.24) is 0 Å². The molecule has 0 heterocycles. The van der Waals surface area contributed by atoms with Crippen molar-refractivity contribution in [3.05, 3.63) is 48.5 Å². The normalized spacial score (nSPS) is 10.4. The van der Waals surface area contributed by atoms with Crippen molar-refractivity contribution < 1.29 is 17.7 Å². The predicted molar refractivity (Wildman–Crippen MR) is 64.5 cm³/mol. The summed E-state index contributed by atoms with van der Waals surface area (Å²) in [5, 5.41) is 9.16. The van der Waals surface area contributed by atoms with Gasteiger partial charge in [0.15, 0.2) is 0 Å². The zero-order valence-electron chi connectivity index (χ0n) is 8.74. The molecule has 2 aromatic carbocycles. The van der Waals surface area contributed by atoms with Crippen molar-refractivity contribution in [2.24, 2.45) is 0 Å². The molecule has 0 saturated carbocycles. The molecule has 0 bridgehead atoms. The van der Waals surface area contributed by atoms with Crippen molar-refractivity contribution in [3.8, 4) is 22.6 Å². The Morgan fingerprint density at radius 3 is 1.76 bits per heavy atom. The molecule has 0 aliphatic heterocycles. The summed E-state index contributed by atoms with van der Waals surface area (Å²) in [4.78, 5) is 0. The van der Waals surface area contributed by atoms with Gasteiger partial charge in [-0.15, -0.1) is 0 Å². The molecule has 0 aromatic heterocycles. The van der Waals surface area contributed by atoms with Gasteiger partial charge in [-0.2, -0.15) is 8.42 Å². The second kappa shape index (κ2) is 4.88. The Balaban J connectivity index is 2.26. The average Bonchev–Trinajstić information content (AvgIpc) is 2.30. The molecule has 0 amide bonds. The number of phenolic OH excluding ortho intramolecular Hbond substituents is 1. The van der Waals surface area contributed by atoms with E-state index in [1.165, 1.54) is 0 Å². The summed E-state index contributed by atoms with van der Waals surface area (Å²) < 4.78 is 25.2. The Labute approximate surface area is 100 Å². The highest BCUT2D eigenvalue weighted by Gasteiger charge is 1.99. The molecule has 0 spiro atoms. The molecule has 0 saturated heterocycles. The highest BCUT2D eigenvalue weighted by atomic mass is 32.2. The van der Waals surface area contributed by atoms with E-state index in [0.29, 0.717) is 0 Å². The Hall–Kier alpha value is -2.01. The van der Waals surface area contributed by atoms with Gasteiger partial charge in [-0.25, -0.2) is 0 Å². The topological polar surface area (TPSA) is 63.6 Å². The lowest BCUT2D eigenvalue weighted by molar-refractivity contribution is 0.475. The zero-order chi connectivity index (χ0) is 12.3. The van der Waals surface area contributed by atoms with Crippen molar-refractivity contribution >= 4 is 11.0 Å². The van der Waals surface area contributed by atoms with Crippen LogP contribution in [-0.2, 0) is 11.0 Å². The second-order valence-electron chi connectivity index (χ2n) is 3.39. The van der Waals surface area contributed by atoms with Crippen LogP contribution in [0, 0.1) is 0 Å². The second-order valence-corrected chi connectivity index (χ2v) is 4.02. The van der Waals surface area contributed by atoms with Gasteiger partial charge < -0.3 is 9.29 Å². The van der Waals surface area contributed by atoms with E-state index in [2.05, 4.69) is 4.18 Å². The van der Waals surface area contributed by atoms with Gasteiger partial charge in [0.2, 0.25) is 0 Å². The van der Waals surface area contributed by atoms with Gasteiger partial charge in [0.05, 0.1) is 0 Å². The van der Waals surface area contributed by atoms with Gasteiger partial charge in [0, 0.05) is 0 Å². The molecule has 2 rings (SSSR count). The minimum atomic E-state index is -2.88. The molecule has 88 valence electrons. The van der Waals surface area contributed by atoms with Crippen LogP contribution in [0.25, 0.3) is 11.1 Å². The highest BCUT2D eigenvalue weighted by molar-refractivity contribution is 7.67. The summed E-state index contributed by atoms with van der Waals surface area (Å²) in [6.07, 6.45) is 0. The van der Waals surface area contributed by atoms with E-state index in [9.17, 15) is 8.42 Å². The fourth-order valence-electron chi connectivity index (χ4n) is 1.45. The van der Waals surface area contributed by atoms with Crippen LogP contribution < -0.4 is 4.18 Å². The molecule has 0 atom stereocenters. The van der Waals surface area contributed by atoms with E-state index in [1.54, 1.807) is 48.5 Å². The van der Waals surface area contributed by atoms with Crippen LogP contribution >= 0.6 is 0 Å². The van der Waals surface area contributed by atoms with Gasteiger partial charge in [-0.1, -0.05) is 24.3 Å². The molecule has 4 nitrogen and oxygen atoms in total. The van der Waals surface area contributed by atoms with Crippen molar-refractivity contribution in [1.29, 1.82) is 0 Å². The van der Waals surface area contributed by atoms with Gasteiger partial charge in [0.25, 0.3) is 11.0 Å². The minimum absolute atomic E-state index is 0.206. The van der Waals surface area contributed by atoms with Gasteiger partial charge in [-0.05, 0) is 35.4 Å². The van der Waals surface area contributed by atoms with Gasteiger partial charge >= 0.3 is 0 Å². The largest absolute Gasteiger partial charge is 0.508 e. The molecular formula is C12H10O4S. The molecule has 0 aliphatic rings. The quantitative estimate of drug-likeness (QED) is 0.817. The maximum atomic E-state index is 10.3. The SMILES string of the molecule is O=[SH](=O)Oc1ccc(-c2ccc(O)cc2)cc1. The molecule has 2 aromatic rings. The van der Waals surface area contributed by atoms with Crippen LogP contribution in [-0.4, -0.2) is 13.5 Å². The summed E-state index contributed by atoms with van der Waals surface area (Å²) >= 11 is 0. The number of phenols is 1. The Kier molecular flexibility index (Phi) is 3.30. The molecule has 0 aliphatic carbocycles. The van der Waals surface area contributed by atoms with Crippen LogP contribution in [0.1, 0.15) is 0 Å². The molecular weight excluding hydrogens is 240 g/mol. The van der Waals surface area contributed by atoms with Crippen LogP contribution in [0.3, 0.4) is 0 Å². The Morgan fingerprint density at radius 1 is 0.824 bits per heavy atom. The minimum Gasteiger partial charge on any atom is -0.508 e. The zero-order valence-corrected chi connectivity index (χ0v) is 9.63. The average molecular weight is 250 g/mol. The first-order valence-corrected chi connectivity index (χ1v) is 5.96. The smallest absolute Gasteiger partial charge is 0.299 e. The summed E-state index contributed by atoms with van der Waals surface area (Å²) in [6.45, 7) is 0. The third-order valence-electron chi connectivity index (χ3n) is 2.23. The van der Waals surface area contributed by atoms with Gasteiger partial charge in [-0.3, -0.25) is 0 Å². The monoisotopic (exact) mass is 250 g/mol. The van der Waals surface area contributed by atoms with E-state index in [1.807, 2.05) is 0 Å². The van der Waals surface area contributed by atoms with E-state index in [4.69, 9.17) is 5.11 Å². The third kappa shape index (κ3) is 2.98. The molecule has 0 radical (unpaired) electrons. The fourth-order valence-corrected chi connectivity index (χ4v) is 1.74. The maximum absolute atomic E-state index is 10.3. The number of benzene rings is 2. The summed E-state index contributed by atoms with van der Waals surface area (Å²) in [5.41, 5.74) is 1.85. The molecule has 1 N–H and O–H groups in total. The van der Waals surface area contributed by atoms with E-state index in [0.717, 1.165) is 11.1 Å². The Bertz CT molecular complexity index is 562. The predicted octanol–water partition coefficient (Wildman–Crippen LogP) is 1.96. The highest BCUT2D eigenvalue weighted by Crippen LogP contribution is 2.24. The third-order valence-corrected chi connectivity index (χ3v) is 2.59. The molecule has 0 unspecified atom stereocenters. The first-order valence-electron chi connectivity index (χ1n) is 4.87. The summed E-state index contributed by atoms with van der Waals surface area (Å²) in [5.74, 6) is 0.487. The number of rotatable bonds is 3. The first-order chi connectivity index (χ1) is 8.15. The first kappa shape index (κ1) is 11.5. The van der Waals surface area contributed by atoms with Crippen LogP contribution in [0.2, 0.25) is 0 Å². The number of hydrogen-bond donors (Lipinski definition) is 2. The van der Waals surface area contributed by atoms with E-state index < -0.39 is 11.0 Å². The molecule has 17 heavy (non-hydrogen) atoms. The summed E-state index contributed by atoms with van der Waals surface area (Å²) in [7, 11) is -2.88. The van der Waals surface area contributed by atoms with Gasteiger partial charge in [0.1, 0.15) is 11.5 Å². The van der Waals surface area contributed by atoms with E-state index >= 15 is 0 Å². The van der Waals surface area contributed by atoms with Crippen LogP contribution in [0.4, 0.5) is 0 Å². The maximum Gasteiger partial charge on any atom is 0.299 e. The number of aromatic hydroxyl groups is 1. The standard InChI is InChI=1S/C12H10O4S/c13-11-5-1-9(2-6-11)10-3-7-12(8-4-10)16-17(14)15/h1-8,13,17H. The number of hydrogen-bond acceptors (Lipinski definition) is 4. The van der Waals surface area contributed by atoms with Crippen LogP contribution in [0.5, 0.6) is 11.5 Å². The lowest BCUT2D eigenvalue weighted by Crippen LogP contribution is -1.89.